The maximum absolute atomic E-state index is 5.61. The third-order valence-electron chi connectivity index (χ3n) is 5.30. The number of hydrogen-bond donors (Lipinski definition) is 0. The van der Waals surface area contributed by atoms with Gasteiger partial charge in [-0.15, -0.1) is 12.4 Å². The van der Waals surface area contributed by atoms with Crippen molar-refractivity contribution in [3.8, 4) is 5.75 Å². The molecule has 0 amide bonds. The van der Waals surface area contributed by atoms with Gasteiger partial charge in [0.25, 0.3) is 0 Å². The van der Waals surface area contributed by atoms with Crippen LogP contribution in [0.25, 0.3) is 0 Å². The van der Waals surface area contributed by atoms with Crippen LogP contribution >= 0.6 is 12.4 Å². The van der Waals surface area contributed by atoms with Crippen LogP contribution < -0.4 is 4.74 Å². The van der Waals surface area contributed by atoms with Crippen LogP contribution in [0.3, 0.4) is 0 Å². The Morgan fingerprint density at radius 3 is 2.70 bits per heavy atom. The normalized spacial score (nSPS) is 22.8. The molecule has 1 fully saturated rings. The van der Waals surface area contributed by atoms with E-state index in [1.165, 1.54) is 42.6 Å². The van der Waals surface area contributed by atoms with Crippen LogP contribution in [-0.4, -0.2) is 25.1 Å². The zero-order chi connectivity index (χ0) is 14.9. The summed E-state index contributed by atoms with van der Waals surface area (Å²) in [5.41, 5.74) is 4.43. The Morgan fingerprint density at radius 2 is 1.91 bits per heavy atom. The van der Waals surface area contributed by atoms with Crippen LogP contribution in [0.15, 0.2) is 48.5 Å². The minimum Gasteiger partial charge on any atom is -0.496 e. The highest BCUT2D eigenvalue weighted by Crippen LogP contribution is 2.47. The van der Waals surface area contributed by atoms with E-state index in [9.17, 15) is 0 Å². The summed E-state index contributed by atoms with van der Waals surface area (Å²) in [6, 6.07) is 17.4. The summed E-state index contributed by atoms with van der Waals surface area (Å²) in [4.78, 5) is 2.62. The average molecular weight is 330 g/mol. The van der Waals surface area contributed by atoms with Gasteiger partial charge in [-0.1, -0.05) is 42.5 Å². The molecule has 1 aliphatic carbocycles. The molecule has 2 atom stereocenters. The second-order valence-electron chi connectivity index (χ2n) is 6.61. The molecule has 0 bridgehead atoms. The standard InChI is InChI=1S/C20H23NO.ClH/c1-22-19-9-5-8-16-12-17-14-21(11-10-18(17)20(16)19)13-15-6-3-2-4-7-15;/h2-9,17-18H,10-14H2,1H3;1H/t17-,18-;/m0./s1. The number of methoxy groups -OCH3 is 1. The molecule has 0 N–H and O–H groups in total. The van der Waals surface area contributed by atoms with E-state index < -0.39 is 0 Å². The van der Waals surface area contributed by atoms with E-state index in [4.69, 9.17) is 4.74 Å². The van der Waals surface area contributed by atoms with Crippen LogP contribution in [0.4, 0.5) is 0 Å². The van der Waals surface area contributed by atoms with Gasteiger partial charge >= 0.3 is 0 Å². The monoisotopic (exact) mass is 329 g/mol. The van der Waals surface area contributed by atoms with Crippen LogP contribution in [0.1, 0.15) is 29.0 Å². The van der Waals surface area contributed by atoms with E-state index in [1.54, 1.807) is 7.11 Å². The second-order valence-corrected chi connectivity index (χ2v) is 6.61. The van der Waals surface area contributed by atoms with E-state index in [0.717, 1.165) is 18.2 Å². The summed E-state index contributed by atoms with van der Waals surface area (Å²) in [6.07, 6.45) is 2.47. The molecular formula is C20H24ClNO. The lowest BCUT2D eigenvalue weighted by Gasteiger charge is -2.35. The van der Waals surface area contributed by atoms with Crippen LogP contribution in [0.2, 0.25) is 0 Å². The van der Waals surface area contributed by atoms with Gasteiger partial charge in [0, 0.05) is 18.7 Å². The van der Waals surface area contributed by atoms with Gasteiger partial charge in [0.15, 0.2) is 0 Å². The van der Waals surface area contributed by atoms with Gasteiger partial charge in [-0.3, -0.25) is 4.90 Å². The van der Waals surface area contributed by atoms with E-state index >= 15 is 0 Å². The SMILES string of the molecule is COc1cccc2c1[C@H]1CCN(Cc3ccccc3)C[C@@H]1C2.Cl. The number of halogens is 1. The lowest BCUT2D eigenvalue weighted by molar-refractivity contribution is 0.154. The fourth-order valence-corrected chi connectivity index (χ4v) is 4.33. The number of likely N-dealkylation sites (tertiary alicyclic amines) is 1. The van der Waals surface area contributed by atoms with Gasteiger partial charge in [-0.05, 0) is 48.4 Å². The first kappa shape index (κ1) is 16.4. The molecule has 4 rings (SSSR count). The maximum Gasteiger partial charge on any atom is 0.122 e. The minimum atomic E-state index is 0. The Morgan fingerprint density at radius 1 is 1.09 bits per heavy atom. The molecule has 1 saturated heterocycles. The summed E-state index contributed by atoms with van der Waals surface area (Å²) in [5, 5.41) is 0. The van der Waals surface area contributed by atoms with E-state index in [-0.39, 0.29) is 12.4 Å². The van der Waals surface area contributed by atoms with Crippen molar-refractivity contribution >= 4 is 12.4 Å². The van der Waals surface area contributed by atoms with Crippen molar-refractivity contribution in [3.63, 3.8) is 0 Å². The van der Waals surface area contributed by atoms with E-state index in [1.807, 2.05) is 0 Å². The molecule has 3 heteroatoms. The molecule has 0 radical (unpaired) electrons. The molecular weight excluding hydrogens is 306 g/mol. The van der Waals surface area contributed by atoms with E-state index in [0.29, 0.717) is 5.92 Å². The number of ether oxygens (including phenoxy) is 1. The van der Waals surface area contributed by atoms with Crippen molar-refractivity contribution in [1.29, 1.82) is 0 Å². The smallest absolute Gasteiger partial charge is 0.122 e. The largest absolute Gasteiger partial charge is 0.496 e. The summed E-state index contributed by atoms with van der Waals surface area (Å²) in [5.74, 6) is 2.54. The number of nitrogens with zero attached hydrogens (tertiary/aromatic N) is 1. The molecule has 122 valence electrons. The van der Waals surface area contributed by atoms with Crippen LogP contribution in [0, 0.1) is 5.92 Å². The predicted molar refractivity (Wildman–Crippen MR) is 96.5 cm³/mol. The molecule has 2 aromatic rings. The molecule has 23 heavy (non-hydrogen) atoms. The molecule has 1 aliphatic heterocycles. The van der Waals surface area contributed by atoms with Gasteiger partial charge in [0.2, 0.25) is 0 Å². The Bertz CT molecular complexity index is 658. The Labute approximate surface area is 144 Å². The first-order valence-electron chi connectivity index (χ1n) is 8.27. The van der Waals surface area contributed by atoms with Crippen molar-refractivity contribution in [2.24, 2.45) is 5.92 Å². The summed E-state index contributed by atoms with van der Waals surface area (Å²) < 4.78 is 5.61. The topological polar surface area (TPSA) is 12.5 Å². The highest BCUT2D eigenvalue weighted by molar-refractivity contribution is 5.85. The van der Waals surface area contributed by atoms with Crippen molar-refractivity contribution in [1.82, 2.24) is 4.90 Å². The van der Waals surface area contributed by atoms with Gasteiger partial charge in [0.05, 0.1) is 7.11 Å². The maximum atomic E-state index is 5.61. The fraction of sp³-hybridized carbons (Fsp3) is 0.400. The van der Waals surface area contributed by atoms with Gasteiger partial charge in [-0.2, -0.15) is 0 Å². The zero-order valence-electron chi connectivity index (χ0n) is 13.6. The van der Waals surface area contributed by atoms with Gasteiger partial charge in [-0.25, -0.2) is 0 Å². The molecule has 2 aromatic carbocycles. The molecule has 0 aromatic heterocycles. The summed E-state index contributed by atoms with van der Waals surface area (Å²) in [6.45, 7) is 3.47. The van der Waals surface area contributed by atoms with E-state index in [2.05, 4.69) is 53.4 Å². The molecule has 2 nitrogen and oxygen atoms in total. The highest BCUT2D eigenvalue weighted by atomic mass is 35.5. The van der Waals surface area contributed by atoms with Crippen LogP contribution in [-0.2, 0) is 13.0 Å². The van der Waals surface area contributed by atoms with Crippen molar-refractivity contribution in [2.45, 2.75) is 25.3 Å². The van der Waals surface area contributed by atoms with Crippen molar-refractivity contribution in [3.05, 3.63) is 65.2 Å². The highest BCUT2D eigenvalue weighted by Gasteiger charge is 2.38. The Hall–Kier alpha value is -1.51. The molecule has 0 spiro atoms. The van der Waals surface area contributed by atoms with Gasteiger partial charge < -0.3 is 4.74 Å². The Kier molecular flexibility index (Phi) is 4.93. The lowest BCUT2D eigenvalue weighted by Crippen LogP contribution is -2.37. The third-order valence-corrected chi connectivity index (χ3v) is 5.30. The number of piperidine rings is 1. The van der Waals surface area contributed by atoms with Gasteiger partial charge in [0.1, 0.15) is 5.75 Å². The Balaban J connectivity index is 0.00000156. The summed E-state index contributed by atoms with van der Waals surface area (Å²) in [7, 11) is 1.80. The third kappa shape index (κ3) is 3.11. The number of benzene rings is 2. The van der Waals surface area contributed by atoms with Crippen molar-refractivity contribution < 1.29 is 4.74 Å². The lowest BCUT2D eigenvalue weighted by atomic mass is 9.85. The predicted octanol–water partition coefficient (Wildman–Crippen LogP) is 4.28. The average Bonchev–Trinajstić information content (AvgIpc) is 2.93. The second kappa shape index (κ2) is 6.94. The summed E-state index contributed by atoms with van der Waals surface area (Å²) >= 11 is 0. The molecule has 0 saturated carbocycles. The molecule has 0 unspecified atom stereocenters. The quantitative estimate of drug-likeness (QED) is 0.833. The first-order chi connectivity index (χ1) is 10.8. The minimum absolute atomic E-state index is 0. The van der Waals surface area contributed by atoms with Crippen LogP contribution in [0.5, 0.6) is 5.75 Å². The fourth-order valence-electron chi connectivity index (χ4n) is 4.33. The number of hydrogen-bond acceptors (Lipinski definition) is 2. The first-order valence-corrected chi connectivity index (χ1v) is 8.27. The number of fused-ring (bicyclic) bond motifs is 3. The zero-order valence-corrected chi connectivity index (χ0v) is 14.4. The van der Waals surface area contributed by atoms with Crippen molar-refractivity contribution in [2.75, 3.05) is 20.2 Å². The molecule has 2 aliphatic rings. The number of rotatable bonds is 3. The molecule has 1 heterocycles.